The first-order valence-corrected chi connectivity index (χ1v) is 10.3. The van der Waals surface area contributed by atoms with Crippen LogP contribution in [0.4, 0.5) is 5.13 Å². The number of methoxy groups -OCH3 is 2. The number of halogens is 1. The second-order valence-electron chi connectivity index (χ2n) is 6.38. The number of ether oxygens (including phenoxy) is 2. The Morgan fingerprint density at radius 1 is 1.10 bits per heavy atom. The van der Waals surface area contributed by atoms with E-state index in [1.165, 1.54) is 25.6 Å². The molecule has 0 saturated carbocycles. The number of para-hydroxylation sites is 2. The van der Waals surface area contributed by atoms with Crippen LogP contribution in [0.3, 0.4) is 0 Å². The van der Waals surface area contributed by atoms with Crippen LogP contribution in [-0.2, 0) is 6.54 Å². The Bertz CT molecular complexity index is 1200. The smallest absolute Gasteiger partial charge is 0.264 e. The second-order valence-corrected chi connectivity index (χ2v) is 7.79. The number of carbonyl (C=O) groups excluding carboxylic acids is 1. The summed E-state index contributed by atoms with van der Waals surface area (Å²) in [6.45, 7) is 0.296. The zero-order valence-electron chi connectivity index (χ0n) is 16.3. The summed E-state index contributed by atoms with van der Waals surface area (Å²) >= 11 is 7.72. The summed E-state index contributed by atoms with van der Waals surface area (Å²) in [7, 11) is 3.05. The maximum Gasteiger partial charge on any atom is 0.264 e. The number of amides is 1. The van der Waals surface area contributed by atoms with Crippen LogP contribution >= 0.6 is 22.9 Å². The van der Waals surface area contributed by atoms with E-state index in [1.807, 2.05) is 24.3 Å². The van der Waals surface area contributed by atoms with E-state index in [-0.39, 0.29) is 5.91 Å². The normalized spacial score (nSPS) is 10.8. The predicted octanol–water partition coefficient (Wildman–Crippen LogP) is 5.21. The van der Waals surface area contributed by atoms with Crippen LogP contribution in [0, 0.1) is 0 Å². The standard InChI is InChI=1S/C22H18ClN3O3S/c1-28-17-9-3-7-15(20(17)29-2)21(27)26(13-14-6-5-11-24-12-14)22-25-19-16(23)8-4-10-18(19)30-22/h3-12H,13H2,1-2H3. The molecule has 2 aromatic heterocycles. The third kappa shape index (κ3) is 3.81. The van der Waals surface area contributed by atoms with Gasteiger partial charge in [-0.1, -0.05) is 41.1 Å². The van der Waals surface area contributed by atoms with Crippen LogP contribution in [0.1, 0.15) is 15.9 Å². The first-order valence-electron chi connectivity index (χ1n) is 9.09. The minimum absolute atomic E-state index is 0.259. The van der Waals surface area contributed by atoms with Crippen molar-refractivity contribution in [2.24, 2.45) is 0 Å². The summed E-state index contributed by atoms with van der Waals surface area (Å²) in [5, 5.41) is 1.08. The number of thiazole rings is 1. The minimum atomic E-state index is -0.259. The third-order valence-electron chi connectivity index (χ3n) is 4.53. The van der Waals surface area contributed by atoms with Gasteiger partial charge in [0.1, 0.15) is 5.52 Å². The number of benzene rings is 2. The molecule has 2 heterocycles. The molecule has 4 aromatic rings. The van der Waals surface area contributed by atoms with E-state index in [9.17, 15) is 4.79 Å². The fourth-order valence-electron chi connectivity index (χ4n) is 3.12. The number of hydrogen-bond acceptors (Lipinski definition) is 6. The molecule has 6 nitrogen and oxygen atoms in total. The summed E-state index contributed by atoms with van der Waals surface area (Å²) in [4.78, 5) is 24.1. The molecular formula is C22H18ClN3O3S. The van der Waals surface area contributed by atoms with Gasteiger partial charge in [-0.2, -0.15) is 0 Å². The summed E-state index contributed by atoms with van der Waals surface area (Å²) in [6, 6.07) is 14.5. The van der Waals surface area contributed by atoms with Gasteiger partial charge in [0.25, 0.3) is 5.91 Å². The summed E-state index contributed by atoms with van der Waals surface area (Å²) in [5.74, 6) is 0.599. The average Bonchev–Trinajstić information content (AvgIpc) is 3.22. The van der Waals surface area contributed by atoms with Gasteiger partial charge >= 0.3 is 0 Å². The fourth-order valence-corrected chi connectivity index (χ4v) is 4.38. The molecular weight excluding hydrogens is 422 g/mol. The number of rotatable bonds is 6. The molecule has 1 amide bonds. The monoisotopic (exact) mass is 439 g/mol. The molecule has 0 N–H and O–H groups in total. The van der Waals surface area contributed by atoms with Gasteiger partial charge in [-0.15, -0.1) is 0 Å². The minimum Gasteiger partial charge on any atom is -0.493 e. The molecule has 0 atom stereocenters. The van der Waals surface area contributed by atoms with Crippen molar-refractivity contribution in [1.82, 2.24) is 9.97 Å². The average molecular weight is 440 g/mol. The molecule has 0 aliphatic carbocycles. The van der Waals surface area contributed by atoms with Gasteiger partial charge in [0, 0.05) is 12.4 Å². The molecule has 0 aliphatic heterocycles. The highest BCUT2D eigenvalue weighted by Crippen LogP contribution is 2.36. The summed E-state index contributed by atoms with van der Waals surface area (Å²) in [5.41, 5.74) is 1.92. The zero-order chi connectivity index (χ0) is 21.1. The molecule has 0 spiro atoms. The molecule has 0 saturated heterocycles. The lowest BCUT2D eigenvalue weighted by Gasteiger charge is -2.21. The molecule has 30 heavy (non-hydrogen) atoms. The molecule has 152 valence electrons. The number of hydrogen-bond donors (Lipinski definition) is 0. The van der Waals surface area contributed by atoms with Crippen LogP contribution in [0.5, 0.6) is 11.5 Å². The topological polar surface area (TPSA) is 64.5 Å². The van der Waals surface area contributed by atoms with Gasteiger partial charge in [-0.05, 0) is 35.9 Å². The van der Waals surface area contributed by atoms with E-state index >= 15 is 0 Å². The van der Waals surface area contributed by atoms with Crippen LogP contribution in [0.15, 0.2) is 60.9 Å². The lowest BCUT2D eigenvalue weighted by Crippen LogP contribution is -2.30. The highest BCUT2D eigenvalue weighted by Gasteiger charge is 2.26. The Labute approximate surface area is 182 Å². The number of nitrogens with zero attached hydrogens (tertiary/aromatic N) is 3. The van der Waals surface area contributed by atoms with Crippen LogP contribution < -0.4 is 14.4 Å². The lowest BCUT2D eigenvalue weighted by molar-refractivity contribution is 0.0981. The first-order chi connectivity index (χ1) is 14.6. The molecule has 0 bridgehead atoms. The van der Waals surface area contributed by atoms with Crippen molar-refractivity contribution in [1.29, 1.82) is 0 Å². The van der Waals surface area contributed by atoms with E-state index in [2.05, 4.69) is 9.97 Å². The van der Waals surface area contributed by atoms with Crippen molar-refractivity contribution >= 4 is 44.2 Å². The van der Waals surface area contributed by atoms with Crippen LogP contribution in [-0.4, -0.2) is 30.1 Å². The summed E-state index contributed by atoms with van der Waals surface area (Å²) in [6.07, 6.45) is 3.42. The van der Waals surface area contributed by atoms with Gasteiger partial charge in [0.15, 0.2) is 16.6 Å². The number of anilines is 1. The van der Waals surface area contributed by atoms with Crippen LogP contribution in [0.2, 0.25) is 5.02 Å². The van der Waals surface area contributed by atoms with Crippen molar-refractivity contribution in [3.8, 4) is 11.5 Å². The number of pyridine rings is 1. The molecule has 0 aliphatic rings. The quantitative estimate of drug-likeness (QED) is 0.412. The Morgan fingerprint density at radius 3 is 2.63 bits per heavy atom. The Morgan fingerprint density at radius 2 is 1.93 bits per heavy atom. The van der Waals surface area contributed by atoms with Gasteiger partial charge in [0.05, 0.1) is 36.1 Å². The number of fused-ring (bicyclic) bond motifs is 1. The largest absolute Gasteiger partial charge is 0.493 e. The van der Waals surface area contributed by atoms with Crippen molar-refractivity contribution in [3.05, 3.63) is 77.1 Å². The predicted molar refractivity (Wildman–Crippen MR) is 119 cm³/mol. The second kappa shape index (κ2) is 8.69. The van der Waals surface area contributed by atoms with Crippen molar-refractivity contribution in [2.75, 3.05) is 19.1 Å². The van der Waals surface area contributed by atoms with Gasteiger partial charge < -0.3 is 9.47 Å². The third-order valence-corrected chi connectivity index (χ3v) is 5.88. The molecule has 0 unspecified atom stereocenters. The van der Waals surface area contributed by atoms with Gasteiger partial charge in [0.2, 0.25) is 0 Å². The van der Waals surface area contributed by atoms with E-state index in [0.29, 0.717) is 39.3 Å². The van der Waals surface area contributed by atoms with E-state index in [1.54, 1.807) is 41.6 Å². The SMILES string of the molecule is COc1cccc(C(=O)N(Cc2cccnc2)c2nc3c(Cl)cccc3s2)c1OC. The molecule has 4 rings (SSSR count). The number of carbonyl (C=O) groups is 1. The van der Waals surface area contributed by atoms with E-state index < -0.39 is 0 Å². The Balaban J connectivity index is 1.83. The summed E-state index contributed by atoms with van der Waals surface area (Å²) < 4.78 is 11.7. The lowest BCUT2D eigenvalue weighted by atomic mass is 10.1. The fraction of sp³-hybridized carbons (Fsp3) is 0.136. The zero-order valence-corrected chi connectivity index (χ0v) is 17.9. The van der Waals surface area contributed by atoms with Crippen molar-refractivity contribution in [3.63, 3.8) is 0 Å². The van der Waals surface area contributed by atoms with Gasteiger partial charge in [-0.3, -0.25) is 14.7 Å². The van der Waals surface area contributed by atoms with E-state index in [4.69, 9.17) is 21.1 Å². The van der Waals surface area contributed by atoms with Crippen LogP contribution in [0.25, 0.3) is 10.2 Å². The van der Waals surface area contributed by atoms with Crippen molar-refractivity contribution < 1.29 is 14.3 Å². The Hall–Kier alpha value is -3.16. The van der Waals surface area contributed by atoms with E-state index in [0.717, 1.165) is 10.3 Å². The highest BCUT2D eigenvalue weighted by molar-refractivity contribution is 7.22. The highest BCUT2D eigenvalue weighted by atomic mass is 35.5. The maximum atomic E-state index is 13.7. The molecule has 0 fully saturated rings. The first kappa shape index (κ1) is 20.1. The van der Waals surface area contributed by atoms with Gasteiger partial charge in [-0.25, -0.2) is 4.98 Å². The van der Waals surface area contributed by atoms with Crippen molar-refractivity contribution in [2.45, 2.75) is 6.54 Å². The molecule has 8 heteroatoms. The molecule has 2 aromatic carbocycles. The molecule has 0 radical (unpaired) electrons. The number of aromatic nitrogens is 2. The Kier molecular flexibility index (Phi) is 5.83. The maximum absolute atomic E-state index is 13.7.